The minimum absolute atomic E-state index is 0.301. The fraction of sp³-hybridized carbons (Fsp3) is 0.556. The molecule has 1 fully saturated rings. The van der Waals surface area contributed by atoms with E-state index in [1.807, 2.05) is 22.4 Å². The van der Waals surface area contributed by atoms with Crippen LogP contribution in [-0.2, 0) is 17.8 Å². The van der Waals surface area contributed by atoms with E-state index in [0.717, 1.165) is 39.1 Å². The molecule has 0 saturated carbocycles. The summed E-state index contributed by atoms with van der Waals surface area (Å²) in [6, 6.07) is 4.24. The Balaban J connectivity index is 1.28. The van der Waals surface area contributed by atoms with Gasteiger partial charge in [0.05, 0.1) is 0 Å². The van der Waals surface area contributed by atoms with Crippen molar-refractivity contribution < 1.29 is 4.79 Å². The van der Waals surface area contributed by atoms with Crippen LogP contribution in [0.3, 0.4) is 0 Å². The molecule has 6 heteroatoms. The molecule has 2 aromatic rings. The number of carbonyl (C=O) groups is 1. The van der Waals surface area contributed by atoms with Crippen molar-refractivity contribution in [2.24, 2.45) is 0 Å². The maximum atomic E-state index is 12.6. The number of hydrogen-bond acceptors (Lipinski definition) is 4. The van der Waals surface area contributed by atoms with Gasteiger partial charge < -0.3 is 9.80 Å². The van der Waals surface area contributed by atoms with Crippen LogP contribution >= 0.6 is 11.3 Å². The lowest BCUT2D eigenvalue weighted by atomic mass is 9.95. The molecule has 0 unspecified atom stereocenters. The maximum Gasteiger partial charge on any atom is 0.224 e. The van der Waals surface area contributed by atoms with Gasteiger partial charge in [0.1, 0.15) is 0 Å². The second kappa shape index (κ2) is 7.07. The Morgan fingerprint density at radius 3 is 3.21 bits per heavy atom. The first kappa shape index (κ1) is 15.8. The fourth-order valence-corrected chi connectivity index (χ4v) is 4.77. The van der Waals surface area contributed by atoms with Crippen molar-refractivity contribution in [2.75, 3.05) is 26.2 Å². The molecule has 4 rings (SSSR count). The number of hydrogen-bond donors (Lipinski definition) is 1. The molecule has 24 heavy (non-hydrogen) atoms. The highest BCUT2D eigenvalue weighted by molar-refractivity contribution is 7.10. The predicted octanol–water partition coefficient (Wildman–Crippen LogP) is 2.63. The molecule has 0 aromatic carbocycles. The number of rotatable bonds is 4. The second-order valence-electron chi connectivity index (χ2n) is 6.84. The number of H-pyrrole nitrogens is 1. The Bertz CT molecular complexity index is 681. The van der Waals surface area contributed by atoms with Gasteiger partial charge in [-0.2, -0.15) is 5.10 Å². The van der Waals surface area contributed by atoms with Gasteiger partial charge in [0.25, 0.3) is 0 Å². The molecule has 1 amide bonds. The Morgan fingerprint density at radius 2 is 2.33 bits per heavy atom. The van der Waals surface area contributed by atoms with Crippen LogP contribution in [0.5, 0.6) is 0 Å². The standard InChI is InChI=1S/C18H24N4OS/c23-18(22-10-4-17-15(13-22)6-11-24-17)5-9-21-8-1-2-14(12-21)16-3-7-19-20-16/h3,6-7,11,14H,1-2,4-5,8-10,12-13H2,(H,19,20)/t14-/m1/s1. The number of fused-ring (bicyclic) bond motifs is 1. The SMILES string of the molecule is O=C(CCN1CCC[C@@H](c2ccn[nH]2)C1)N1CCc2sccc2C1. The summed E-state index contributed by atoms with van der Waals surface area (Å²) in [7, 11) is 0. The molecule has 0 aliphatic carbocycles. The van der Waals surface area contributed by atoms with E-state index in [4.69, 9.17) is 0 Å². The van der Waals surface area contributed by atoms with Crippen molar-refractivity contribution >= 4 is 17.2 Å². The molecule has 5 nitrogen and oxygen atoms in total. The van der Waals surface area contributed by atoms with Crippen molar-refractivity contribution in [3.8, 4) is 0 Å². The first-order valence-electron chi connectivity index (χ1n) is 8.84. The highest BCUT2D eigenvalue weighted by Crippen LogP contribution is 2.26. The molecule has 2 aliphatic rings. The molecule has 4 heterocycles. The Labute approximate surface area is 146 Å². The van der Waals surface area contributed by atoms with Crippen LogP contribution in [0.15, 0.2) is 23.7 Å². The molecule has 0 radical (unpaired) electrons. The summed E-state index contributed by atoms with van der Waals surface area (Å²) in [6.45, 7) is 4.69. The van der Waals surface area contributed by atoms with E-state index in [1.165, 1.54) is 29.0 Å². The number of nitrogens with zero attached hydrogens (tertiary/aromatic N) is 3. The van der Waals surface area contributed by atoms with Crippen LogP contribution in [0.25, 0.3) is 0 Å². The molecule has 1 N–H and O–H groups in total. The molecule has 2 aliphatic heterocycles. The molecule has 0 bridgehead atoms. The maximum absolute atomic E-state index is 12.6. The summed E-state index contributed by atoms with van der Waals surface area (Å²) in [6.07, 6.45) is 5.88. The topological polar surface area (TPSA) is 52.2 Å². The highest BCUT2D eigenvalue weighted by Gasteiger charge is 2.25. The average molecular weight is 344 g/mol. The molecule has 2 aromatic heterocycles. The monoisotopic (exact) mass is 344 g/mol. The van der Waals surface area contributed by atoms with Crippen molar-refractivity contribution in [3.05, 3.63) is 39.8 Å². The van der Waals surface area contributed by atoms with Crippen molar-refractivity contribution in [3.63, 3.8) is 0 Å². The van der Waals surface area contributed by atoms with Gasteiger partial charge in [-0.3, -0.25) is 9.89 Å². The molecule has 128 valence electrons. The van der Waals surface area contributed by atoms with Crippen molar-refractivity contribution in [2.45, 2.75) is 38.1 Å². The van der Waals surface area contributed by atoms with E-state index in [1.54, 1.807) is 0 Å². The van der Waals surface area contributed by atoms with Gasteiger partial charge >= 0.3 is 0 Å². The van der Waals surface area contributed by atoms with Crippen LogP contribution in [0, 0.1) is 0 Å². The third kappa shape index (κ3) is 3.39. The van der Waals surface area contributed by atoms with Gasteiger partial charge in [-0.05, 0) is 48.9 Å². The van der Waals surface area contributed by atoms with Gasteiger partial charge in [0.15, 0.2) is 0 Å². The summed E-state index contributed by atoms with van der Waals surface area (Å²) in [5.41, 5.74) is 2.57. The summed E-state index contributed by atoms with van der Waals surface area (Å²) in [5.74, 6) is 0.829. The number of nitrogens with one attached hydrogen (secondary N) is 1. The number of amides is 1. The lowest BCUT2D eigenvalue weighted by Crippen LogP contribution is -2.40. The summed E-state index contributed by atoms with van der Waals surface area (Å²) >= 11 is 1.82. The summed E-state index contributed by atoms with van der Waals surface area (Å²) in [4.78, 5) is 18.5. The van der Waals surface area contributed by atoms with E-state index in [2.05, 4.69) is 32.6 Å². The van der Waals surface area contributed by atoms with Gasteiger partial charge in [-0.25, -0.2) is 0 Å². The Hall–Kier alpha value is -1.66. The van der Waals surface area contributed by atoms with Crippen LogP contribution in [0.2, 0.25) is 0 Å². The number of piperidine rings is 1. The van der Waals surface area contributed by atoms with Gasteiger partial charge in [0, 0.05) is 55.3 Å². The zero-order chi connectivity index (χ0) is 16.4. The van der Waals surface area contributed by atoms with Crippen molar-refractivity contribution in [1.29, 1.82) is 0 Å². The Morgan fingerprint density at radius 1 is 1.38 bits per heavy atom. The number of likely N-dealkylation sites (tertiary alicyclic amines) is 1. The first-order chi connectivity index (χ1) is 11.8. The zero-order valence-electron chi connectivity index (χ0n) is 13.9. The Kier molecular flexibility index (Phi) is 4.67. The van der Waals surface area contributed by atoms with E-state index < -0.39 is 0 Å². The van der Waals surface area contributed by atoms with E-state index in [-0.39, 0.29) is 0 Å². The molecular weight excluding hydrogens is 320 g/mol. The molecule has 0 spiro atoms. The van der Waals surface area contributed by atoms with E-state index in [0.29, 0.717) is 18.2 Å². The van der Waals surface area contributed by atoms with E-state index in [9.17, 15) is 4.79 Å². The first-order valence-corrected chi connectivity index (χ1v) is 9.72. The lowest BCUT2D eigenvalue weighted by Gasteiger charge is -2.33. The number of aromatic amines is 1. The minimum Gasteiger partial charge on any atom is -0.338 e. The number of aromatic nitrogens is 2. The minimum atomic E-state index is 0.301. The van der Waals surface area contributed by atoms with Crippen LogP contribution in [0.1, 0.15) is 41.3 Å². The smallest absolute Gasteiger partial charge is 0.224 e. The third-order valence-electron chi connectivity index (χ3n) is 5.27. The molecule has 1 atom stereocenters. The molecule has 1 saturated heterocycles. The fourth-order valence-electron chi connectivity index (χ4n) is 3.88. The normalized spacial score (nSPS) is 21.7. The zero-order valence-corrected chi connectivity index (χ0v) is 14.7. The van der Waals surface area contributed by atoms with E-state index >= 15 is 0 Å². The van der Waals surface area contributed by atoms with Crippen molar-refractivity contribution in [1.82, 2.24) is 20.0 Å². The number of thiophene rings is 1. The second-order valence-corrected chi connectivity index (χ2v) is 7.84. The molecular formula is C18H24N4OS. The quantitative estimate of drug-likeness (QED) is 0.928. The lowest BCUT2D eigenvalue weighted by molar-refractivity contribution is -0.132. The highest BCUT2D eigenvalue weighted by atomic mass is 32.1. The van der Waals surface area contributed by atoms with Gasteiger partial charge in [-0.15, -0.1) is 11.3 Å². The largest absolute Gasteiger partial charge is 0.338 e. The van der Waals surface area contributed by atoms with Gasteiger partial charge in [0.2, 0.25) is 5.91 Å². The summed E-state index contributed by atoms with van der Waals surface area (Å²) in [5, 5.41) is 9.31. The van der Waals surface area contributed by atoms with Gasteiger partial charge in [-0.1, -0.05) is 0 Å². The predicted molar refractivity (Wildman–Crippen MR) is 95.1 cm³/mol. The van der Waals surface area contributed by atoms with Crippen LogP contribution in [-0.4, -0.2) is 52.1 Å². The number of carbonyl (C=O) groups excluding carboxylic acids is 1. The summed E-state index contributed by atoms with van der Waals surface area (Å²) < 4.78 is 0. The average Bonchev–Trinajstić information content (AvgIpc) is 3.30. The van der Waals surface area contributed by atoms with Crippen LogP contribution < -0.4 is 0 Å². The van der Waals surface area contributed by atoms with Crippen LogP contribution in [0.4, 0.5) is 0 Å². The third-order valence-corrected chi connectivity index (χ3v) is 6.29.